The van der Waals surface area contributed by atoms with Crippen LogP contribution in [0.25, 0.3) is 10.9 Å². The van der Waals surface area contributed by atoms with Crippen molar-refractivity contribution in [2.24, 2.45) is 7.05 Å². The van der Waals surface area contributed by atoms with Gasteiger partial charge in [-0.25, -0.2) is 9.18 Å². The van der Waals surface area contributed by atoms with Crippen LogP contribution < -0.4 is 0 Å². The molecule has 2 saturated heterocycles. The van der Waals surface area contributed by atoms with Crippen molar-refractivity contribution in [1.29, 1.82) is 0 Å². The van der Waals surface area contributed by atoms with Crippen molar-refractivity contribution in [3.63, 3.8) is 0 Å². The number of ether oxygens (including phenoxy) is 1. The van der Waals surface area contributed by atoms with Gasteiger partial charge in [-0.2, -0.15) is 0 Å². The number of halogens is 1. The Bertz CT molecular complexity index is 771. The van der Waals surface area contributed by atoms with E-state index in [1.54, 1.807) is 12.3 Å². The average molecular weight is 330 g/mol. The fourth-order valence-electron chi connectivity index (χ4n) is 4.40. The summed E-state index contributed by atoms with van der Waals surface area (Å²) in [6.45, 7) is 0. The Morgan fingerprint density at radius 1 is 1.21 bits per heavy atom. The van der Waals surface area contributed by atoms with Gasteiger partial charge in [-0.05, 0) is 38.1 Å². The standard InChI is InChI=1S/C19H23FN2O2/c1-21-11-17(16-8-12(20)6-7-18(16)21)19(23)24-15-9-13-4-3-5-14(10-15)22(13)2/h6-8,11,13-15H,3-5,9-10H2,1-2H3. The Labute approximate surface area is 141 Å². The van der Waals surface area contributed by atoms with E-state index in [-0.39, 0.29) is 17.9 Å². The maximum Gasteiger partial charge on any atom is 0.340 e. The van der Waals surface area contributed by atoms with E-state index in [4.69, 9.17) is 4.74 Å². The predicted molar refractivity (Wildman–Crippen MR) is 90.5 cm³/mol. The monoisotopic (exact) mass is 330 g/mol. The van der Waals surface area contributed by atoms with E-state index < -0.39 is 0 Å². The van der Waals surface area contributed by atoms with Crippen molar-refractivity contribution in [2.45, 2.75) is 50.3 Å². The summed E-state index contributed by atoms with van der Waals surface area (Å²) in [7, 11) is 4.04. The smallest absolute Gasteiger partial charge is 0.340 e. The van der Waals surface area contributed by atoms with Gasteiger partial charge in [0.1, 0.15) is 11.9 Å². The fourth-order valence-corrected chi connectivity index (χ4v) is 4.40. The van der Waals surface area contributed by atoms with E-state index >= 15 is 0 Å². The minimum Gasteiger partial charge on any atom is -0.459 e. The molecule has 0 N–H and O–H groups in total. The van der Waals surface area contributed by atoms with Crippen LogP contribution in [-0.2, 0) is 11.8 Å². The van der Waals surface area contributed by atoms with E-state index in [1.807, 2.05) is 11.6 Å². The van der Waals surface area contributed by atoms with Crippen LogP contribution in [0.4, 0.5) is 4.39 Å². The zero-order valence-electron chi connectivity index (χ0n) is 14.2. The number of hydrogen-bond donors (Lipinski definition) is 0. The fraction of sp³-hybridized carbons (Fsp3) is 0.526. The van der Waals surface area contributed by atoms with Gasteiger partial charge in [-0.3, -0.25) is 0 Å². The second kappa shape index (κ2) is 5.88. The first-order valence-electron chi connectivity index (χ1n) is 8.70. The highest BCUT2D eigenvalue weighted by Crippen LogP contribution is 2.34. The lowest BCUT2D eigenvalue weighted by atomic mass is 9.83. The van der Waals surface area contributed by atoms with Crippen LogP contribution >= 0.6 is 0 Å². The van der Waals surface area contributed by atoms with Gasteiger partial charge in [0.05, 0.1) is 5.56 Å². The summed E-state index contributed by atoms with van der Waals surface area (Å²) in [6.07, 6.45) is 7.13. The molecule has 0 radical (unpaired) electrons. The molecule has 1 aromatic carbocycles. The van der Waals surface area contributed by atoms with Gasteiger partial charge >= 0.3 is 5.97 Å². The van der Waals surface area contributed by atoms with E-state index in [2.05, 4.69) is 11.9 Å². The van der Waals surface area contributed by atoms with Crippen LogP contribution in [0.2, 0.25) is 0 Å². The molecule has 2 aliphatic heterocycles. The van der Waals surface area contributed by atoms with Gasteiger partial charge in [0.2, 0.25) is 0 Å². The summed E-state index contributed by atoms with van der Waals surface area (Å²) in [4.78, 5) is 15.1. The zero-order chi connectivity index (χ0) is 16.8. The third-order valence-corrected chi connectivity index (χ3v) is 5.74. The number of rotatable bonds is 2. The summed E-state index contributed by atoms with van der Waals surface area (Å²) in [5.74, 6) is -0.671. The minimum absolute atomic E-state index is 0.0344. The maximum atomic E-state index is 13.6. The summed E-state index contributed by atoms with van der Waals surface area (Å²) in [5.41, 5.74) is 1.29. The molecule has 4 rings (SSSR count). The van der Waals surface area contributed by atoms with E-state index in [1.165, 1.54) is 31.4 Å². The number of piperidine rings is 2. The van der Waals surface area contributed by atoms with E-state index in [9.17, 15) is 9.18 Å². The Morgan fingerprint density at radius 2 is 1.92 bits per heavy atom. The van der Waals surface area contributed by atoms with Crippen LogP contribution in [0.15, 0.2) is 24.4 Å². The molecular weight excluding hydrogens is 307 g/mol. The maximum absolute atomic E-state index is 13.6. The molecule has 0 amide bonds. The van der Waals surface area contributed by atoms with Crippen molar-refractivity contribution >= 4 is 16.9 Å². The van der Waals surface area contributed by atoms with Gasteiger partial charge in [0, 0.05) is 49.1 Å². The highest BCUT2D eigenvalue weighted by Gasteiger charge is 2.37. The average Bonchev–Trinajstić information content (AvgIpc) is 2.85. The molecule has 2 fully saturated rings. The first kappa shape index (κ1) is 15.6. The third kappa shape index (κ3) is 2.61. The van der Waals surface area contributed by atoms with Gasteiger partial charge in [-0.15, -0.1) is 0 Å². The summed E-state index contributed by atoms with van der Waals surface area (Å²) < 4.78 is 21.2. The summed E-state index contributed by atoms with van der Waals surface area (Å²) in [5, 5.41) is 0.621. The van der Waals surface area contributed by atoms with Crippen molar-refractivity contribution in [1.82, 2.24) is 9.47 Å². The topological polar surface area (TPSA) is 34.5 Å². The molecule has 24 heavy (non-hydrogen) atoms. The first-order chi connectivity index (χ1) is 11.5. The lowest BCUT2D eigenvalue weighted by molar-refractivity contribution is -0.0317. The molecule has 2 aromatic rings. The summed E-state index contributed by atoms with van der Waals surface area (Å²) in [6, 6.07) is 5.55. The molecule has 0 saturated carbocycles. The van der Waals surface area contributed by atoms with Crippen molar-refractivity contribution in [3.8, 4) is 0 Å². The molecule has 2 atom stereocenters. The molecule has 0 aliphatic carbocycles. The van der Waals surface area contributed by atoms with Gasteiger partial charge < -0.3 is 14.2 Å². The van der Waals surface area contributed by atoms with E-state index in [0.29, 0.717) is 23.0 Å². The number of esters is 1. The molecule has 2 bridgehead atoms. The quantitative estimate of drug-likeness (QED) is 0.791. The van der Waals surface area contributed by atoms with Crippen molar-refractivity contribution < 1.29 is 13.9 Å². The highest BCUT2D eigenvalue weighted by atomic mass is 19.1. The zero-order valence-corrected chi connectivity index (χ0v) is 14.2. The number of hydrogen-bond acceptors (Lipinski definition) is 3. The molecule has 2 aliphatic rings. The number of benzene rings is 1. The number of nitrogens with zero attached hydrogens (tertiary/aromatic N) is 2. The predicted octanol–water partition coefficient (Wildman–Crippen LogP) is 3.49. The Hall–Kier alpha value is -1.88. The van der Waals surface area contributed by atoms with E-state index in [0.717, 1.165) is 18.4 Å². The number of carbonyl (C=O) groups is 1. The summed E-state index contributed by atoms with van der Waals surface area (Å²) >= 11 is 0. The second-order valence-electron chi connectivity index (χ2n) is 7.22. The van der Waals surface area contributed by atoms with Gasteiger partial charge in [0.25, 0.3) is 0 Å². The molecule has 2 unspecified atom stereocenters. The third-order valence-electron chi connectivity index (χ3n) is 5.74. The number of fused-ring (bicyclic) bond motifs is 3. The van der Waals surface area contributed by atoms with Crippen LogP contribution in [0.1, 0.15) is 42.5 Å². The Morgan fingerprint density at radius 3 is 2.62 bits per heavy atom. The van der Waals surface area contributed by atoms with Crippen molar-refractivity contribution in [3.05, 3.63) is 35.8 Å². The molecule has 5 heteroatoms. The molecule has 3 heterocycles. The molecule has 4 nitrogen and oxygen atoms in total. The van der Waals surface area contributed by atoms with Crippen LogP contribution in [-0.4, -0.2) is 40.7 Å². The Kier molecular flexibility index (Phi) is 3.83. The van der Waals surface area contributed by atoms with Gasteiger partial charge in [0.15, 0.2) is 0 Å². The number of aryl methyl sites for hydroxylation is 1. The lowest BCUT2D eigenvalue weighted by Gasteiger charge is -2.46. The van der Waals surface area contributed by atoms with Crippen LogP contribution in [0, 0.1) is 5.82 Å². The first-order valence-corrected chi connectivity index (χ1v) is 8.70. The van der Waals surface area contributed by atoms with Crippen LogP contribution in [0.5, 0.6) is 0 Å². The largest absolute Gasteiger partial charge is 0.459 e. The second-order valence-corrected chi connectivity index (χ2v) is 7.22. The molecule has 0 spiro atoms. The number of aromatic nitrogens is 1. The molecule has 1 aromatic heterocycles. The Balaban J connectivity index is 1.56. The van der Waals surface area contributed by atoms with Gasteiger partial charge in [-0.1, -0.05) is 6.42 Å². The van der Waals surface area contributed by atoms with Crippen molar-refractivity contribution in [2.75, 3.05) is 7.05 Å². The molecule has 128 valence electrons. The minimum atomic E-state index is -0.337. The number of carbonyl (C=O) groups excluding carboxylic acids is 1. The lowest BCUT2D eigenvalue weighted by Crippen LogP contribution is -2.52. The highest BCUT2D eigenvalue weighted by molar-refractivity contribution is 6.04. The molecular formula is C19H23FN2O2. The van der Waals surface area contributed by atoms with Crippen LogP contribution in [0.3, 0.4) is 0 Å². The SMILES string of the molecule is CN1C2CCCC1CC(OC(=O)c1cn(C)c3ccc(F)cc13)C2. The normalized spacial score (nSPS) is 27.4.